The van der Waals surface area contributed by atoms with Crippen molar-refractivity contribution < 1.29 is 23.1 Å². The van der Waals surface area contributed by atoms with Gasteiger partial charge in [-0.25, -0.2) is 14.6 Å². The average Bonchev–Trinajstić information content (AvgIpc) is 2.36. The number of pyridine rings is 1. The second kappa shape index (κ2) is 4.49. The maximum Gasteiger partial charge on any atom is 0.417 e. The highest BCUT2D eigenvalue weighted by Crippen LogP contribution is 2.38. The van der Waals surface area contributed by atoms with Gasteiger partial charge in [-0.1, -0.05) is 0 Å². The van der Waals surface area contributed by atoms with E-state index in [1.54, 1.807) is 0 Å². The lowest BCUT2D eigenvalue weighted by Gasteiger charge is -2.12. The second-order valence-corrected chi connectivity index (χ2v) is 4.13. The van der Waals surface area contributed by atoms with Crippen LogP contribution in [0.3, 0.4) is 0 Å². The van der Waals surface area contributed by atoms with Crippen LogP contribution in [0.4, 0.5) is 18.9 Å². The fraction of sp³-hybridized carbons (Fsp3) is 0.154. The zero-order valence-electron chi connectivity index (χ0n) is 10.1. The molecular formula is C13H7F3N2O2. The molecule has 1 heterocycles. The summed E-state index contributed by atoms with van der Waals surface area (Å²) in [4.78, 5) is 17.4. The maximum atomic E-state index is 13.0. The van der Waals surface area contributed by atoms with Crippen molar-refractivity contribution in [2.45, 2.75) is 13.1 Å². The third-order valence-electron chi connectivity index (χ3n) is 2.76. The molecule has 0 bridgehead atoms. The van der Waals surface area contributed by atoms with E-state index in [9.17, 15) is 18.0 Å². The highest BCUT2D eigenvalue weighted by molar-refractivity contribution is 5.94. The van der Waals surface area contributed by atoms with Gasteiger partial charge >= 0.3 is 12.1 Å². The number of carboxylic acids is 1. The Balaban J connectivity index is 2.96. The number of aromatic nitrogens is 1. The van der Waals surface area contributed by atoms with Crippen LogP contribution >= 0.6 is 0 Å². The Labute approximate surface area is 111 Å². The Morgan fingerprint density at radius 1 is 1.35 bits per heavy atom. The first-order valence-electron chi connectivity index (χ1n) is 5.37. The van der Waals surface area contributed by atoms with Crippen molar-refractivity contribution in [1.82, 2.24) is 4.98 Å². The molecule has 102 valence electrons. The minimum atomic E-state index is -4.71. The molecule has 20 heavy (non-hydrogen) atoms. The van der Waals surface area contributed by atoms with E-state index in [2.05, 4.69) is 9.83 Å². The zero-order chi connectivity index (χ0) is 15.1. The number of aromatic carboxylic acids is 1. The van der Waals surface area contributed by atoms with E-state index >= 15 is 0 Å². The molecule has 0 aliphatic carbocycles. The van der Waals surface area contributed by atoms with Crippen molar-refractivity contribution in [3.63, 3.8) is 0 Å². The van der Waals surface area contributed by atoms with Crippen molar-refractivity contribution >= 4 is 22.6 Å². The lowest BCUT2D eigenvalue weighted by Crippen LogP contribution is -2.09. The number of aryl methyl sites for hydroxylation is 1. The van der Waals surface area contributed by atoms with E-state index < -0.39 is 28.9 Å². The van der Waals surface area contributed by atoms with Crippen LogP contribution in [-0.4, -0.2) is 16.1 Å². The zero-order valence-corrected chi connectivity index (χ0v) is 10.1. The van der Waals surface area contributed by atoms with Gasteiger partial charge in [-0.15, -0.1) is 0 Å². The third-order valence-corrected chi connectivity index (χ3v) is 2.76. The van der Waals surface area contributed by atoms with Gasteiger partial charge < -0.3 is 5.11 Å². The van der Waals surface area contributed by atoms with Crippen LogP contribution < -0.4 is 0 Å². The van der Waals surface area contributed by atoms with Crippen LogP contribution in [0.2, 0.25) is 0 Å². The van der Waals surface area contributed by atoms with Gasteiger partial charge in [0.15, 0.2) is 5.69 Å². The molecule has 0 spiro atoms. The number of hydrogen-bond donors (Lipinski definition) is 1. The summed E-state index contributed by atoms with van der Waals surface area (Å²) in [5.74, 6) is -1.41. The molecule has 2 rings (SSSR count). The molecule has 0 aliphatic rings. The van der Waals surface area contributed by atoms with E-state index in [-0.39, 0.29) is 11.1 Å². The summed E-state index contributed by atoms with van der Waals surface area (Å²) in [5, 5.41) is 8.99. The minimum Gasteiger partial charge on any atom is -0.477 e. The SMILES string of the molecule is [C-]#[N+]c1cc(C(F)(F)F)c2nc(C(=O)O)cc(C)c2c1. The molecule has 2 aromatic rings. The Kier molecular flexibility index (Phi) is 3.10. The van der Waals surface area contributed by atoms with Crippen LogP contribution in [0.1, 0.15) is 21.6 Å². The van der Waals surface area contributed by atoms with E-state index in [0.717, 1.165) is 0 Å². The molecule has 0 aliphatic heterocycles. The van der Waals surface area contributed by atoms with Gasteiger partial charge in [-0.2, -0.15) is 13.2 Å². The Hall–Kier alpha value is -2.62. The van der Waals surface area contributed by atoms with E-state index in [1.807, 2.05) is 0 Å². The van der Waals surface area contributed by atoms with Gasteiger partial charge in [-0.05, 0) is 36.1 Å². The molecule has 0 saturated heterocycles. The molecule has 0 unspecified atom stereocenters. The normalized spacial score (nSPS) is 11.3. The van der Waals surface area contributed by atoms with Crippen molar-refractivity contribution in [3.05, 3.63) is 46.4 Å². The molecule has 0 amide bonds. The van der Waals surface area contributed by atoms with Gasteiger partial charge in [0.1, 0.15) is 5.69 Å². The topological polar surface area (TPSA) is 54.5 Å². The number of halogens is 3. The molecule has 4 nitrogen and oxygen atoms in total. The summed E-state index contributed by atoms with van der Waals surface area (Å²) in [5.41, 5.74) is -1.87. The standard InChI is InChI=1S/C13H7F3N2O2/c1-6-3-10(12(19)20)18-11-8(6)4-7(17-2)5-9(11)13(14,15)16/h3-5H,1H3,(H,19,20). The maximum absolute atomic E-state index is 13.0. The van der Waals surface area contributed by atoms with Crippen molar-refractivity contribution in [2.75, 3.05) is 0 Å². The highest BCUT2D eigenvalue weighted by atomic mass is 19.4. The number of carbonyl (C=O) groups is 1. The first-order chi connectivity index (χ1) is 9.24. The summed E-state index contributed by atoms with van der Waals surface area (Å²) in [6.07, 6.45) is -4.71. The predicted molar refractivity (Wildman–Crippen MR) is 64.7 cm³/mol. The summed E-state index contributed by atoms with van der Waals surface area (Å²) >= 11 is 0. The molecule has 0 saturated carbocycles. The van der Waals surface area contributed by atoms with Gasteiger partial charge in [0, 0.05) is 0 Å². The van der Waals surface area contributed by atoms with Gasteiger partial charge in [0.25, 0.3) is 0 Å². The number of benzene rings is 1. The Morgan fingerprint density at radius 2 is 2.00 bits per heavy atom. The Bertz CT molecular complexity index is 761. The lowest BCUT2D eigenvalue weighted by atomic mass is 10.0. The number of nitrogens with zero attached hydrogens (tertiary/aromatic N) is 2. The van der Waals surface area contributed by atoms with Gasteiger partial charge in [0.2, 0.25) is 0 Å². The largest absolute Gasteiger partial charge is 0.477 e. The average molecular weight is 280 g/mol. The van der Waals surface area contributed by atoms with Crippen LogP contribution in [-0.2, 0) is 6.18 Å². The van der Waals surface area contributed by atoms with E-state index in [1.165, 1.54) is 19.1 Å². The molecular weight excluding hydrogens is 273 g/mol. The predicted octanol–water partition coefficient (Wildman–Crippen LogP) is 3.81. The highest BCUT2D eigenvalue weighted by Gasteiger charge is 2.34. The lowest BCUT2D eigenvalue weighted by molar-refractivity contribution is -0.136. The van der Waals surface area contributed by atoms with Crippen molar-refractivity contribution in [3.8, 4) is 0 Å². The van der Waals surface area contributed by atoms with Crippen LogP contribution in [0.15, 0.2) is 18.2 Å². The van der Waals surface area contributed by atoms with Crippen molar-refractivity contribution in [1.29, 1.82) is 0 Å². The van der Waals surface area contributed by atoms with Crippen LogP contribution in [0.5, 0.6) is 0 Å². The number of hydrogen-bond acceptors (Lipinski definition) is 2. The summed E-state index contributed by atoms with van der Waals surface area (Å²) in [6, 6.07) is 3.12. The monoisotopic (exact) mass is 280 g/mol. The third kappa shape index (κ3) is 2.28. The van der Waals surface area contributed by atoms with Crippen LogP contribution in [0.25, 0.3) is 15.7 Å². The minimum absolute atomic E-state index is 0.121. The molecule has 7 heteroatoms. The fourth-order valence-corrected chi connectivity index (χ4v) is 1.87. The molecule has 0 atom stereocenters. The van der Waals surface area contributed by atoms with E-state index in [4.69, 9.17) is 11.7 Å². The first-order valence-corrected chi connectivity index (χ1v) is 5.37. The van der Waals surface area contributed by atoms with Crippen molar-refractivity contribution in [2.24, 2.45) is 0 Å². The molecule has 1 aromatic heterocycles. The summed E-state index contributed by atoms with van der Waals surface area (Å²) < 4.78 is 39.0. The summed E-state index contributed by atoms with van der Waals surface area (Å²) in [7, 11) is 0. The van der Waals surface area contributed by atoms with Crippen LogP contribution in [0, 0.1) is 13.5 Å². The van der Waals surface area contributed by atoms with Gasteiger partial charge in [-0.3, -0.25) is 0 Å². The first kappa shape index (κ1) is 13.8. The van der Waals surface area contributed by atoms with Gasteiger partial charge in [0.05, 0.1) is 17.7 Å². The van der Waals surface area contributed by atoms with E-state index in [0.29, 0.717) is 11.6 Å². The summed E-state index contributed by atoms with van der Waals surface area (Å²) in [6.45, 7) is 8.32. The fourth-order valence-electron chi connectivity index (χ4n) is 1.87. The molecule has 1 aromatic carbocycles. The quantitative estimate of drug-likeness (QED) is 0.808. The number of fused-ring (bicyclic) bond motifs is 1. The number of rotatable bonds is 1. The molecule has 0 fully saturated rings. The molecule has 1 N–H and O–H groups in total. The Morgan fingerprint density at radius 3 is 2.50 bits per heavy atom. The number of carboxylic acid groups (broad SMARTS) is 1. The molecule has 0 radical (unpaired) electrons. The smallest absolute Gasteiger partial charge is 0.417 e. The number of alkyl halides is 3. The second-order valence-electron chi connectivity index (χ2n) is 4.13.